The van der Waals surface area contributed by atoms with Crippen LogP contribution in [0.4, 0.5) is 34.1 Å². The van der Waals surface area contributed by atoms with Gasteiger partial charge in [0.15, 0.2) is 0 Å². The second-order valence-corrected chi connectivity index (χ2v) is 38.6. The Morgan fingerprint density at radius 2 is 0.582 bits per heavy atom. The van der Waals surface area contributed by atoms with E-state index in [4.69, 9.17) is 0 Å². The fourth-order valence-electron chi connectivity index (χ4n) is 15.0. The monoisotopic (exact) mass is 1330 g/mol. The van der Waals surface area contributed by atoms with Crippen LogP contribution in [0.3, 0.4) is 0 Å². The summed E-state index contributed by atoms with van der Waals surface area (Å²) in [6.07, 6.45) is 0. The van der Waals surface area contributed by atoms with Crippen molar-refractivity contribution in [3.8, 4) is 44.5 Å². The molecule has 0 saturated heterocycles. The lowest BCUT2D eigenvalue weighted by Crippen LogP contribution is -2.63. The second kappa shape index (κ2) is 26.0. The van der Waals surface area contributed by atoms with E-state index in [-0.39, 0.29) is 6.71 Å². The summed E-state index contributed by atoms with van der Waals surface area (Å²) >= 11 is 3.71. The summed E-state index contributed by atoms with van der Waals surface area (Å²) in [6.45, 7) is 14.9. The van der Waals surface area contributed by atoms with Gasteiger partial charge in [-0.05, 0) is 145 Å². The van der Waals surface area contributed by atoms with E-state index in [0.29, 0.717) is 0 Å². The fraction of sp³-hybridized carbons (Fsp3) is 0.0769. The van der Waals surface area contributed by atoms with Crippen molar-refractivity contribution in [2.45, 2.75) is 65.0 Å². The van der Waals surface area contributed by atoms with Crippen LogP contribution >= 0.6 is 23.5 Å². The van der Waals surface area contributed by atoms with Gasteiger partial charge < -0.3 is 9.80 Å². The molecule has 2 heterocycles. The van der Waals surface area contributed by atoms with Crippen molar-refractivity contribution in [2.75, 3.05) is 9.80 Å². The molecule has 0 aromatic heterocycles. The maximum Gasteiger partial charge on any atom is 0.252 e. The number of fused-ring (bicyclic) bond motifs is 4. The summed E-state index contributed by atoms with van der Waals surface area (Å²) in [5, 5.41) is 5.59. The van der Waals surface area contributed by atoms with E-state index in [1.54, 1.807) is 0 Å². The van der Waals surface area contributed by atoms with Gasteiger partial charge in [-0.15, -0.1) is 0 Å². The van der Waals surface area contributed by atoms with E-state index in [1.807, 2.05) is 23.5 Å². The third-order valence-corrected chi connectivity index (χ3v) is 29.9. The van der Waals surface area contributed by atoms with Crippen molar-refractivity contribution in [3.63, 3.8) is 0 Å². The lowest BCUT2D eigenvalue weighted by Gasteiger charge is -2.46. The van der Waals surface area contributed by atoms with Gasteiger partial charge in [0, 0.05) is 47.7 Å². The first-order chi connectivity index (χ1) is 47.9. The topological polar surface area (TPSA) is 6.48 Å². The molecule has 2 nitrogen and oxygen atoms in total. The third kappa shape index (κ3) is 11.5. The quantitative estimate of drug-likeness (QED) is 0.0889. The molecule has 0 N–H and O–H groups in total. The first-order valence-electron chi connectivity index (χ1n) is 34.2. The summed E-state index contributed by atoms with van der Waals surface area (Å²) in [5.41, 5.74) is 22.3. The van der Waals surface area contributed by atoms with Crippen LogP contribution in [0.2, 0.25) is 26.2 Å². The van der Waals surface area contributed by atoms with E-state index in [9.17, 15) is 0 Å². The van der Waals surface area contributed by atoms with Gasteiger partial charge in [0.05, 0.1) is 11.4 Å². The maximum absolute atomic E-state index is 2.73. The zero-order chi connectivity index (χ0) is 66.5. The number of rotatable bonds is 16. The Morgan fingerprint density at radius 3 is 0.929 bits per heavy atom. The Balaban J connectivity index is 1.08. The highest BCUT2D eigenvalue weighted by Crippen LogP contribution is 2.54. The first kappa shape index (κ1) is 62.7. The van der Waals surface area contributed by atoms with Gasteiger partial charge in [-0.1, -0.05) is 357 Å². The van der Waals surface area contributed by atoms with Crippen molar-refractivity contribution in [1.29, 1.82) is 0 Å². The summed E-state index contributed by atoms with van der Waals surface area (Å²) in [4.78, 5) is 10.2. The van der Waals surface area contributed by atoms with Gasteiger partial charge >= 0.3 is 0 Å². The molecule has 16 rings (SSSR count). The summed E-state index contributed by atoms with van der Waals surface area (Å²) in [7, 11) is -4.74. The highest BCUT2D eigenvalue weighted by Gasteiger charge is 2.47. The van der Waals surface area contributed by atoms with Gasteiger partial charge in [-0.25, -0.2) is 0 Å². The van der Waals surface area contributed by atoms with Crippen LogP contribution in [0.1, 0.15) is 25.0 Å². The van der Waals surface area contributed by atoms with Crippen LogP contribution in [0, 0.1) is 0 Å². The SMILES string of the molecule is CC(C)(c1ccccc1)c1cc2c3c(c1)N(c1cc(-c4ccccc4)c(-c4ccccc4)cc1Sc1ccccc1)c1cc([Si](C)(C)c4ccccc4)ccc1B3c1ccc([Si](C)(C)c3ccccc3)cc1N2c1cc(-c2ccccc2)c(-c2ccccc2)cc1Sc1ccccc1. The maximum atomic E-state index is 2.73. The molecule has 0 amide bonds. The second-order valence-electron chi connectivity index (χ2n) is 27.6. The number of hydrogen-bond acceptors (Lipinski definition) is 4. The molecule has 0 radical (unpaired) electrons. The molecule has 0 atom stereocenters. The van der Waals surface area contributed by atoms with Crippen LogP contribution in [0.5, 0.6) is 0 Å². The van der Waals surface area contributed by atoms with Crippen molar-refractivity contribution >= 4 is 118 Å². The van der Waals surface area contributed by atoms with E-state index >= 15 is 0 Å². The molecule has 7 heteroatoms. The average molecular weight is 1330 g/mol. The molecular formula is C91H75BN2S2Si2. The molecule has 0 spiro atoms. The predicted octanol–water partition coefficient (Wildman–Crippen LogP) is 20.7. The van der Waals surface area contributed by atoms with Gasteiger partial charge in [0.1, 0.15) is 16.1 Å². The molecule has 0 unspecified atom stereocenters. The van der Waals surface area contributed by atoms with Crippen molar-refractivity contribution in [3.05, 3.63) is 357 Å². The molecule has 0 fully saturated rings. The van der Waals surface area contributed by atoms with Crippen LogP contribution in [-0.4, -0.2) is 22.9 Å². The Kier molecular flexibility index (Phi) is 16.6. The minimum Gasteiger partial charge on any atom is -0.310 e. The number of nitrogens with zero attached hydrogens (tertiary/aromatic N) is 2. The van der Waals surface area contributed by atoms with Crippen LogP contribution in [0.15, 0.2) is 365 Å². The molecule has 2 aliphatic rings. The van der Waals surface area contributed by atoms with Gasteiger partial charge in [-0.3, -0.25) is 0 Å². The van der Waals surface area contributed by atoms with Crippen molar-refractivity contribution < 1.29 is 0 Å². The summed E-state index contributed by atoms with van der Waals surface area (Å²) in [5.74, 6) is 0. The lowest BCUT2D eigenvalue weighted by atomic mass is 9.33. The van der Waals surface area contributed by atoms with E-state index in [0.717, 1.165) is 11.4 Å². The van der Waals surface area contributed by atoms with Crippen LogP contribution in [-0.2, 0) is 5.41 Å². The molecule has 0 bridgehead atoms. The molecule has 0 saturated carbocycles. The van der Waals surface area contributed by atoms with E-state index < -0.39 is 21.6 Å². The first-order valence-corrected chi connectivity index (χ1v) is 41.8. The molecule has 14 aromatic carbocycles. The molecule has 472 valence electrons. The Bertz CT molecular complexity index is 4920. The highest BCUT2D eigenvalue weighted by atomic mass is 32.2. The number of benzene rings is 14. The fourth-order valence-corrected chi connectivity index (χ4v) is 21.7. The normalized spacial score (nSPS) is 12.6. The van der Waals surface area contributed by atoms with Crippen LogP contribution < -0.4 is 46.9 Å². The van der Waals surface area contributed by atoms with E-state index in [2.05, 4.69) is 396 Å². The van der Waals surface area contributed by atoms with Crippen LogP contribution in [0.25, 0.3) is 44.5 Å². The average Bonchev–Trinajstić information content (AvgIpc) is 0.688. The highest BCUT2D eigenvalue weighted by molar-refractivity contribution is 7.99. The third-order valence-electron chi connectivity index (χ3n) is 20.7. The minimum atomic E-state index is -2.37. The predicted molar refractivity (Wildman–Crippen MR) is 428 cm³/mol. The Morgan fingerprint density at radius 1 is 0.276 bits per heavy atom. The van der Waals surface area contributed by atoms with Crippen molar-refractivity contribution in [1.82, 2.24) is 0 Å². The zero-order valence-electron chi connectivity index (χ0n) is 56.2. The molecular weight excluding hydrogens is 1250 g/mol. The molecule has 2 aliphatic heterocycles. The molecule has 98 heavy (non-hydrogen) atoms. The number of hydrogen-bond donors (Lipinski definition) is 0. The molecule has 0 aliphatic carbocycles. The zero-order valence-corrected chi connectivity index (χ0v) is 59.8. The Hall–Kier alpha value is -10.1. The van der Waals surface area contributed by atoms with Gasteiger partial charge in [-0.2, -0.15) is 0 Å². The summed E-state index contributed by atoms with van der Waals surface area (Å²) in [6, 6.07) is 131. The minimum absolute atomic E-state index is 0.165. The Labute approximate surface area is 589 Å². The standard InChI is InChI=1S/C91H75BN2S2Si2/c1-91(2,68-42-24-11-25-43-68)69-56-86-90-87(57-69)94(85-61-77(65-36-18-8-19-37-65)79(67-40-22-10-23-41-67)63-89(85)96-71-46-28-13-29-47-71)83-59-75(98(5,6)73-50-32-15-33-51-73)53-55-81(83)92(90)80-54-52-74(97(3,4)72-48-30-14-31-49-72)58-82(80)93(86)84-60-76(64-34-16-7-17-35-64)78(66-38-20-9-21-39-66)62-88(84)95-70-44-26-12-27-45-70/h7-63H,1-6H3. The lowest BCUT2D eigenvalue weighted by molar-refractivity contribution is 0.641. The van der Waals surface area contributed by atoms with Gasteiger partial charge in [0.25, 0.3) is 6.71 Å². The van der Waals surface area contributed by atoms with Gasteiger partial charge in [0.2, 0.25) is 0 Å². The van der Waals surface area contributed by atoms with Crippen molar-refractivity contribution in [2.24, 2.45) is 0 Å². The smallest absolute Gasteiger partial charge is 0.252 e. The molecule has 14 aromatic rings. The number of anilines is 6. The van der Waals surface area contributed by atoms with E-state index in [1.165, 1.54) is 135 Å². The largest absolute Gasteiger partial charge is 0.310 e. The summed E-state index contributed by atoms with van der Waals surface area (Å²) < 4.78 is 0.